The van der Waals surface area contributed by atoms with Gasteiger partial charge in [0.1, 0.15) is 11.5 Å². The van der Waals surface area contributed by atoms with Gasteiger partial charge in [-0.3, -0.25) is 19.6 Å². The van der Waals surface area contributed by atoms with Crippen molar-refractivity contribution >= 4 is 23.7 Å². The first kappa shape index (κ1) is 24.0. The molecular formula is C28H24N6O2. The van der Waals surface area contributed by atoms with Crippen molar-refractivity contribution in [2.75, 3.05) is 10.6 Å². The van der Waals surface area contributed by atoms with Gasteiger partial charge in [-0.05, 0) is 55.5 Å². The predicted molar refractivity (Wildman–Crippen MR) is 140 cm³/mol. The third kappa shape index (κ3) is 6.48. The van der Waals surface area contributed by atoms with Crippen LogP contribution in [0, 0.1) is 6.92 Å². The van der Waals surface area contributed by atoms with Crippen LogP contribution in [0.5, 0.6) is 0 Å². The summed E-state index contributed by atoms with van der Waals surface area (Å²) in [5.41, 5.74) is 5.32. The van der Waals surface area contributed by atoms with E-state index in [-0.39, 0.29) is 5.91 Å². The Morgan fingerprint density at radius 1 is 0.806 bits per heavy atom. The van der Waals surface area contributed by atoms with Gasteiger partial charge in [-0.15, -0.1) is 0 Å². The van der Waals surface area contributed by atoms with E-state index in [1.165, 1.54) is 0 Å². The topological polar surface area (TPSA) is 113 Å². The van der Waals surface area contributed by atoms with Crippen LogP contribution in [0.1, 0.15) is 16.2 Å². The number of rotatable bonds is 6. The van der Waals surface area contributed by atoms with E-state index in [2.05, 4.69) is 30.6 Å². The Morgan fingerprint density at radius 2 is 1.53 bits per heavy atom. The molecule has 0 radical (unpaired) electrons. The molecule has 5 rings (SSSR count). The fourth-order valence-corrected chi connectivity index (χ4v) is 3.34. The summed E-state index contributed by atoms with van der Waals surface area (Å²) in [7, 11) is 0. The van der Waals surface area contributed by atoms with Crippen LogP contribution in [0.25, 0.3) is 22.6 Å². The lowest BCUT2D eigenvalue weighted by molar-refractivity contribution is -0.105. The SMILES string of the molecule is Cc1ccccn1.O=CNc1cccc(-c2cnc(-c3cccc(NC(=O)c4ccccn4)c3)[nH]2)c1. The fourth-order valence-electron chi connectivity index (χ4n) is 3.34. The number of aryl methyl sites for hydroxylation is 1. The monoisotopic (exact) mass is 476 g/mol. The van der Waals surface area contributed by atoms with E-state index in [0.717, 1.165) is 22.5 Å². The van der Waals surface area contributed by atoms with E-state index in [9.17, 15) is 9.59 Å². The van der Waals surface area contributed by atoms with Gasteiger partial charge in [0.2, 0.25) is 6.41 Å². The number of anilines is 2. The lowest BCUT2D eigenvalue weighted by Crippen LogP contribution is -2.13. The standard InChI is InChI=1S/C22H17N5O2.C6H7N/c28-14-25-17-7-3-5-15(11-17)20-13-24-21(27-20)16-6-4-8-18(12-16)26-22(29)19-9-1-2-10-23-19;1-6-4-2-3-5-7-6/h1-14H,(H,24,27)(H,25,28)(H,26,29);2-5H,1H3. The van der Waals surface area contributed by atoms with Crippen LogP contribution < -0.4 is 10.6 Å². The Morgan fingerprint density at radius 3 is 2.19 bits per heavy atom. The number of H-pyrrole nitrogens is 1. The van der Waals surface area contributed by atoms with E-state index in [1.807, 2.05) is 73.7 Å². The van der Waals surface area contributed by atoms with Crippen molar-refractivity contribution in [3.8, 4) is 22.6 Å². The molecule has 0 saturated carbocycles. The second-order valence-corrected chi connectivity index (χ2v) is 7.71. The molecule has 3 N–H and O–H groups in total. The average Bonchev–Trinajstić information content (AvgIpc) is 3.41. The zero-order chi connectivity index (χ0) is 25.2. The summed E-state index contributed by atoms with van der Waals surface area (Å²) >= 11 is 0. The molecule has 8 heteroatoms. The number of carbonyl (C=O) groups excluding carboxylic acids is 2. The molecule has 0 unspecified atom stereocenters. The van der Waals surface area contributed by atoms with Crippen molar-refractivity contribution in [3.63, 3.8) is 0 Å². The van der Waals surface area contributed by atoms with Crippen molar-refractivity contribution < 1.29 is 9.59 Å². The van der Waals surface area contributed by atoms with Crippen LogP contribution in [0.2, 0.25) is 0 Å². The van der Waals surface area contributed by atoms with Crippen LogP contribution in [-0.2, 0) is 4.79 Å². The number of aromatic amines is 1. The number of amides is 2. The van der Waals surface area contributed by atoms with E-state index < -0.39 is 0 Å². The highest BCUT2D eigenvalue weighted by Gasteiger charge is 2.10. The number of hydrogen-bond acceptors (Lipinski definition) is 5. The number of nitrogens with one attached hydrogen (secondary N) is 3. The van der Waals surface area contributed by atoms with Crippen molar-refractivity contribution in [2.24, 2.45) is 0 Å². The molecule has 0 bridgehead atoms. The molecule has 3 aromatic heterocycles. The molecule has 0 aliphatic carbocycles. The summed E-state index contributed by atoms with van der Waals surface area (Å²) in [4.78, 5) is 38.7. The molecule has 0 aliphatic rings. The summed E-state index contributed by atoms with van der Waals surface area (Å²) in [6, 6.07) is 25.9. The molecule has 3 heterocycles. The smallest absolute Gasteiger partial charge is 0.274 e. The first-order valence-electron chi connectivity index (χ1n) is 11.2. The van der Waals surface area contributed by atoms with Crippen molar-refractivity contribution in [2.45, 2.75) is 6.92 Å². The molecule has 0 saturated heterocycles. The molecule has 0 fully saturated rings. The van der Waals surface area contributed by atoms with Gasteiger partial charge in [0, 0.05) is 40.6 Å². The highest BCUT2D eigenvalue weighted by Crippen LogP contribution is 2.25. The molecular weight excluding hydrogens is 452 g/mol. The second-order valence-electron chi connectivity index (χ2n) is 7.71. The molecule has 2 aromatic carbocycles. The Bertz CT molecular complexity index is 1430. The van der Waals surface area contributed by atoms with Gasteiger partial charge >= 0.3 is 0 Å². The summed E-state index contributed by atoms with van der Waals surface area (Å²) in [6.45, 7) is 1.97. The number of hydrogen-bond donors (Lipinski definition) is 3. The summed E-state index contributed by atoms with van der Waals surface area (Å²) in [5.74, 6) is 0.394. The zero-order valence-electron chi connectivity index (χ0n) is 19.6. The number of imidazole rings is 1. The molecule has 0 spiro atoms. The van der Waals surface area contributed by atoms with Crippen LogP contribution in [0.3, 0.4) is 0 Å². The lowest BCUT2D eigenvalue weighted by Gasteiger charge is -2.06. The lowest BCUT2D eigenvalue weighted by atomic mass is 10.1. The molecule has 0 atom stereocenters. The minimum absolute atomic E-state index is 0.276. The predicted octanol–water partition coefficient (Wildman–Crippen LogP) is 5.35. The number of nitrogens with zero attached hydrogens (tertiary/aromatic N) is 3. The Balaban J connectivity index is 0.000000375. The number of pyridine rings is 2. The van der Waals surface area contributed by atoms with Gasteiger partial charge in [-0.1, -0.05) is 36.4 Å². The first-order valence-corrected chi connectivity index (χ1v) is 11.2. The number of benzene rings is 2. The largest absolute Gasteiger partial charge is 0.338 e. The number of aromatic nitrogens is 4. The maximum atomic E-state index is 12.3. The van der Waals surface area contributed by atoms with Crippen molar-refractivity contribution in [3.05, 3.63) is 115 Å². The quantitative estimate of drug-likeness (QED) is 0.286. The summed E-state index contributed by atoms with van der Waals surface area (Å²) < 4.78 is 0. The van der Waals surface area contributed by atoms with E-state index in [1.54, 1.807) is 36.8 Å². The van der Waals surface area contributed by atoms with Gasteiger partial charge < -0.3 is 15.6 Å². The summed E-state index contributed by atoms with van der Waals surface area (Å²) in [6.07, 6.45) is 5.74. The Kier molecular flexibility index (Phi) is 7.91. The van der Waals surface area contributed by atoms with Gasteiger partial charge in [-0.2, -0.15) is 0 Å². The molecule has 0 aliphatic heterocycles. The Hall–Kier alpha value is -5.11. The minimum atomic E-state index is -0.276. The average molecular weight is 477 g/mol. The second kappa shape index (κ2) is 11.8. The highest BCUT2D eigenvalue weighted by molar-refractivity contribution is 6.03. The number of carbonyl (C=O) groups is 2. The van der Waals surface area contributed by atoms with Crippen LogP contribution in [0.4, 0.5) is 11.4 Å². The third-order valence-electron chi connectivity index (χ3n) is 5.08. The zero-order valence-corrected chi connectivity index (χ0v) is 19.6. The van der Waals surface area contributed by atoms with Crippen LogP contribution in [-0.4, -0.2) is 32.3 Å². The third-order valence-corrected chi connectivity index (χ3v) is 5.08. The van der Waals surface area contributed by atoms with E-state index in [0.29, 0.717) is 29.3 Å². The Labute approximate surface area is 208 Å². The molecule has 5 aromatic rings. The van der Waals surface area contributed by atoms with Crippen LogP contribution >= 0.6 is 0 Å². The van der Waals surface area contributed by atoms with Crippen molar-refractivity contribution in [1.82, 2.24) is 19.9 Å². The first-order chi connectivity index (χ1) is 17.6. The normalized spacial score (nSPS) is 10.0. The molecule has 2 amide bonds. The summed E-state index contributed by atoms with van der Waals surface area (Å²) in [5, 5.41) is 5.48. The highest BCUT2D eigenvalue weighted by atomic mass is 16.2. The van der Waals surface area contributed by atoms with Gasteiger partial charge in [0.05, 0.1) is 11.9 Å². The van der Waals surface area contributed by atoms with Gasteiger partial charge in [-0.25, -0.2) is 4.98 Å². The maximum absolute atomic E-state index is 12.3. The molecule has 178 valence electrons. The van der Waals surface area contributed by atoms with E-state index >= 15 is 0 Å². The van der Waals surface area contributed by atoms with Gasteiger partial charge in [0.25, 0.3) is 5.91 Å². The minimum Gasteiger partial charge on any atom is -0.338 e. The maximum Gasteiger partial charge on any atom is 0.274 e. The molecule has 36 heavy (non-hydrogen) atoms. The van der Waals surface area contributed by atoms with E-state index in [4.69, 9.17) is 0 Å². The molecule has 8 nitrogen and oxygen atoms in total. The van der Waals surface area contributed by atoms with Crippen molar-refractivity contribution in [1.29, 1.82) is 0 Å². The van der Waals surface area contributed by atoms with Crippen LogP contribution in [0.15, 0.2) is 104 Å². The van der Waals surface area contributed by atoms with Gasteiger partial charge in [0.15, 0.2) is 0 Å². The fraction of sp³-hybridized carbons (Fsp3) is 0.0357.